The van der Waals surface area contributed by atoms with E-state index in [1.54, 1.807) is 18.2 Å². The first-order valence-corrected chi connectivity index (χ1v) is 4.23. The fraction of sp³-hybridized carbons (Fsp3) is 0.100. The predicted octanol–water partition coefficient (Wildman–Crippen LogP) is 2.18. The summed E-state index contributed by atoms with van der Waals surface area (Å²) in [5.74, 6) is -0.830. The minimum atomic E-state index is -0.995. The molecule has 1 amide bonds. The van der Waals surface area contributed by atoms with Crippen molar-refractivity contribution in [3.05, 3.63) is 57.0 Å². The van der Waals surface area contributed by atoms with Crippen molar-refractivity contribution in [2.75, 3.05) is 0 Å². The molecule has 5 nitrogen and oxygen atoms in total. The number of carbonyl (C=O) groups excluding carboxylic acids is 1. The Bertz CT molecular complexity index is 398. The minimum absolute atomic E-state index is 0.234. The zero-order valence-electron chi connectivity index (χ0n) is 8.08. The summed E-state index contributed by atoms with van der Waals surface area (Å²) >= 11 is 0. The molecule has 1 aromatic rings. The van der Waals surface area contributed by atoms with Crippen LogP contribution in [-0.2, 0) is 4.79 Å². The van der Waals surface area contributed by atoms with E-state index in [4.69, 9.17) is 0 Å². The van der Waals surface area contributed by atoms with Crippen LogP contribution in [0, 0.1) is 10.1 Å². The highest BCUT2D eigenvalue weighted by molar-refractivity contribution is 6.04. The predicted molar refractivity (Wildman–Crippen MR) is 55.5 cm³/mol. The highest BCUT2D eigenvalue weighted by Crippen LogP contribution is 2.09. The number of hydrogen-bond acceptors (Lipinski definition) is 3. The fourth-order valence-corrected chi connectivity index (χ4v) is 1.01. The molecule has 0 heterocycles. The smallest absolute Gasteiger partial charge is 0.133 e. The second-order valence-corrected chi connectivity index (χ2v) is 2.88. The molecule has 5 heteroatoms. The zero-order valence-corrected chi connectivity index (χ0v) is 8.08. The topological polar surface area (TPSA) is 74.3 Å². The maximum absolute atomic E-state index is 11.1. The van der Waals surface area contributed by atoms with Crippen LogP contribution in [0.2, 0.25) is 0 Å². The Morgan fingerprint density at radius 3 is 2.53 bits per heavy atom. The lowest BCUT2D eigenvalue weighted by atomic mass is 10.1. The SMILES string of the molecule is CC(=Cc1ccccc1)C(=O)[N-][N+](=O)[O-]. The Morgan fingerprint density at radius 2 is 2.00 bits per heavy atom. The molecule has 0 aliphatic rings. The van der Waals surface area contributed by atoms with Crippen LogP contribution >= 0.6 is 0 Å². The summed E-state index contributed by atoms with van der Waals surface area (Å²) in [7, 11) is 0. The Morgan fingerprint density at radius 1 is 1.40 bits per heavy atom. The summed E-state index contributed by atoms with van der Waals surface area (Å²) in [4.78, 5) is 21.0. The van der Waals surface area contributed by atoms with Gasteiger partial charge in [-0.2, -0.15) is 0 Å². The van der Waals surface area contributed by atoms with Crippen molar-refractivity contribution in [2.24, 2.45) is 0 Å². The van der Waals surface area contributed by atoms with Crippen molar-refractivity contribution in [1.82, 2.24) is 0 Å². The first-order chi connectivity index (χ1) is 7.09. The molecule has 0 radical (unpaired) electrons. The van der Waals surface area contributed by atoms with Crippen molar-refractivity contribution in [2.45, 2.75) is 6.92 Å². The lowest BCUT2D eigenvalue weighted by molar-refractivity contribution is -0.419. The lowest BCUT2D eigenvalue weighted by Gasteiger charge is -2.07. The molecule has 0 saturated carbocycles. The summed E-state index contributed by atoms with van der Waals surface area (Å²) in [5, 5.41) is 8.96. The number of nitrogens with zero attached hydrogens (tertiary/aromatic N) is 2. The molecule has 0 bridgehead atoms. The number of carbonyl (C=O) groups is 1. The number of nitro groups is 1. The Kier molecular flexibility index (Phi) is 3.56. The Labute approximate surface area is 86.5 Å². The van der Waals surface area contributed by atoms with Crippen LogP contribution in [0.25, 0.3) is 11.5 Å². The van der Waals surface area contributed by atoms with Crippen molar-refractivity contribution >= 4 is 12.0 Å². The standard InChI is InChI=1S/C10H10N2O3/c1-8(10(13)11-12(14)15)7-9-5-3-2-4-6-9/h2-7H,1H3,(H,11,13)/p-1. The maximum Gasteiger partial charge on any atom is 0.133 e. The molecule has 0 spiro atoms. The zero-order chi connectivity index (χ0) is 11.3. The van der Waals surface area contributed by atoms with Gasteiger partial charge in [-0.3, -0.25) is 10.1 Å². The largest absolute Gasteiger partial charge is 0.311 e. The highest BCUT2D eigenvalue weighted by atomic mass is 16.7. The second-order valence-electron chi connectivity index (χ2n) is 2.88. The first-order valence-electron chi connectivity index (χ1n) is 4.23. The van der Waals surface area contributed by atoms with Crippen LogP contribution in [0.4, 0.5) is 0 Å². The van der Waals surface area contributed by atoms with E-state index >= 15 is 0 Å². The molecule has 78 valence electrons. The molecule has 0 fully saturated rings. The molecule has 0 aromatic heterocycles. The van der Waals surface area contributed by atoms with E-state index in [1.165, 1.54) is 6.92 Å². The van der Waals surface area contributed by atoms with Crippen LogP contribution in [-0.4, -0.2) is 10.9 Å². The average molecular weight is 205 g/mol. The van der Waals surface area contributed by atoms with Gasteiger partial charge in [0.15, 0.2) is 0 Å². The van der Waals surface area contributed by atoms with E-state index in [0.29, 0.717) is 0 Å². The molecule has 0 unspecified atom stereocenters. The third-order valence-corrected chi connectivity index (χ3v) is 1.69. The highest BCUT2D eigenvalue weighted by Gasteiger charge is 1.98. The van der Waals surface area contributed by atoms with Crippen molar-refractivity contribution < 1.29 is 9.83 Å². The number of benzene rings is 1. The summed E-state index contributed by atoms with van der Waals surface area (Å²) in [6, 6.07) is 9.06. The van der Waals surface area contributed by atoms with E-state index in [2.05, 4.69) is 5.43 Å². The first kappa shape index (κ1) is 10.9. The van der Waals surface area contributed by atoms with E-state index in [-0.39, 0.29) is 5.57 Å². The molecule has 15 heavy (non-hydrogen) atoms. The third-order valence-electron chi connectivity index (χ3n) is 1.69. The van der Waals surface area contributed by atoms with E-state index in [1.807, 2.05) is 18.2 Å². The quantitative estimate of drug-likeness (QED) is 0.431. The third kappa shape index (κ3) is 3.60. The van der Waals surface area contributed by atoms with E-state index in [9.17, 15) is 14.9 Å². The minimum Gasteiger partial charge on any atom is -0.311 e. The van der Waals surface area contributed by atoms with Crippen molar-refractivity contribution in [1.29, 1.82) is 0 Å². The summed E-state index contributed by atoms with van der Waals surface area (Å²) in [6.45, 7) is 1.49. The molecule has 0 aliphatic carbocycles. The Hall–Kier alpha value is -2.17. The molecule has 0 atom stereocenters. The molecular weight excluding hydrogens is 196 g/mol. The summed E-state index contributed by atoms with van der Waals surface area (Å²) < 4.78 is 0. The van der Waals surface area contributed by atoms with Gasteiger partial charge in [-0.05, 0) is 29.2 Å². The van der Waals surface area contributed by atoms with Gasteiger partial charge in [-0.25, -0.2) is 0 Å². The summed E-state index contributed by atoms with van der Waals surface area (Å²) in [5.41, 5.74) is 3.73. The Balaban J connectivity index is 2.76. The van der Waals surface area contributed by atoms with Gasteiger partial charge in [0.25, 0.3) is 0 Å². The van der Waals surface area contributed by atoms with Gasteiger partial charge in [0.1, 0.15) is 5.91 Å². The maximum atomic E-state index is 11.1. The molecule has 1 aromatic carbocycles. The molecule has 1 rings (SSSR count). The van der Waals surface area contributed by atoms with Gasteiger partial charge < -0.3 is 10.2 Å². The van der Waals surface area contributed by atoms with Crippen molar-refractivity contribution in [3.63, 3.8) is 0 Å². The van der Waals surface area contributed by atoms with Crippen LogP contribution in [0.5, 0.6) is 0 Å². The van der Waals surface area contributed by atoms with E-state index < -0.39 is 10.9 Å². The van der Waals surface area contributed by atoms with Crippen LogP contribution in [0.15, 0.2) is 35.9 Å². The van der Waals surface area contributed by atoms with Crippen molar-refractivity contribution in [3.8, 4) is 0 Å². The number of rotatable bonds is 3. The summed E-state index contributed by atoms with van der Waals surface area (Å²) in [6.07, 6.45) is 1.55. The van der Waals surface area contributed by atoms with Gasteiger partial charge in [0, 0.05) is 0 Å². The average Bonchev–Trinajstić information content (AvgIpc) is 2.18. The lowest BCUT2D eigenvalue weighted by Crippen LogP contribution is -2.03. The molecular formula is C10H9N2O3-. The van der Waals surface area contributed by atoms with Gasteiger partial charge in [0.05, 0.1) is 0 Å². The van der Waals surface area contributed by atoms with E-state index in [0.717, 1.165) is 5.56 Å². The monoisotopic (exact) mass is 205 g/mol. The second kappa shape index (κ2) is 4.90. The van der Waals surface area contributed by atoms with Gasteiger partial charge in [0.2, 0.25) is 0 Å². The fourth-order valence-electron chi connectivity index (χ4n) is 1.01. The van der Waals surface area contributed by atoms with Gasteiger partial charge in [-0.1, -0.05) is 30.3 Å². The molecule has 0 saturated heterocycles. The van der Waals surface area contributed by atoms with Gasteiger partial charge in [-0.15, -0.1) is 0 Å². The van der Waals surface area contributed by atoms with Crippen LogP contribution < -0.4 is 0 Å². The molecule has 0 aliphatic heterocycles. The van der Waals surface area contributed by atoms with Gasteiger partial charge >= 0.3 is 0 Å². The number of amides is 1. The molecule has 0 N–H and O–H groups in total. The van der Waals surface area contributed by atoms with Crippen LogP contribution in [0.3, 0.4) is 0 Å². The van der Waals surface area contributed by atoms with Crippen LogP contribution in [0.1, 0.15) is 12.5 Å². The number of hydrogen-bond donors (Lipinski definition) is 0. The normalized spacial score (nSPS) is 10.9.